The molecule has 3 aliphatic rings. The van der Waals surface area contributed by atoms with Crippen LogP contribution >= 0.6 is 0 Å². The Labute approximate surface area is 162 Å². The summed E-state index contributed by atoms with van der Waals surface area (Å²) in [5.74, 6) is 0.852. The van der Waals surface area contributed by atoms with Crippen molar-refractivity contribution in [3.8, 4) is 11.5 Å². The van der Waals surface area contributed by atoms with Crippen LogP contribution in [-0.4, -0.2) is 64.8 Å². The van der Waals surface area contributed by atoms with Crippen LogP contribution in [0.2, 0.25) is 0 Å². The predicted octanol–water partition coefficient (Wildman–Crippen LogP) is 1.16. The summed E-state index contributed by atoms with van der Waals surface area (Å²) in [5, 5.41) is 12.2. The predicted molar refractivity (Wildman–Crippen MR) is 96.9 cm³/mol. The van der Waals surface area contributed by atoms with Gasteiger partial charge in [0.15, 0.2) is 11.5 Å². The summed E-state index contributed by atoms with van der Waals surface area (Å²) in [7, 11) is 0. The Balaban J connectivity index is 1.38. The fraction of sp³-hybridized carbons (Fsp3) is 0.526. The first-order chi connectivity index (χ1) is 13.5. The van der Waals surface area contributed by atoms with Crippen LogP contribution in [0.4, 0.5) is 4.79 Å². The van der Waals surface area contributed by atoms with Crippen LogP contribution in [0.1, 0.15) is 31.2 Å². The summed E-state index contributed by atoms with van der Waals surface area (Å²) in [4.78, 5) is 39.7. The lowest BCUT2D eigenvalue weighted by atomic mass is 10.1. The fourth-order valence-electron chi connectivity index (χ4n) is 4.10. The fourth-order valence-corrected chi connectivity index (χ4v) is 4.10. The zero-order valence-corrected chi connectivity index (χ0v) is 15.4. The van der Waals surface area contributed by atoms with Crippen molar-refractivity contribution in [2.75, 3.05) is 19.9 Å². The maximum absolute atomic E-state index is 12.9. The van der Waals surface area contributed by atoms with E-state index in [2.05, 4.69) is 5.32 Å². The Morgan fingerprint density at radius 1 is 1.04 bits per heavy atom. The Kier molecular flexibility index (Phi) is 4.97. The van der Waals surface area contributed by atoms with Gasteiger partial charge in [-0.15, -0.1) is 0 Å². The molecule has 0 radical (unpaired) electrons. The smallest absolute Gasteiger partial charge is 0.407 e. The van der Waals surface area contributed by atoms with E-state index in [0.717, 1.165) is 12.0 Å². The Morgan fingerprint density at radius 3 is 2.54 bits per heavy atom. The van der Waals surface area contributed by atoms with Crippen LogP contribution in [0.25, 0.3) is 0 Å². The first-order valence-electron chi connectivity index (χ1n) is 9.51. The summed E-state index contributed by atoms with van der Waals surface area (Å²) < 4.78 is 10.6. The average molecular weight is 389 g/mol. The molecule has 2 atom stereocenters. The summed E-state index contributed by atoms with van der Waals surface area (Å²) in [6.07, 6.45) is 1.40. The molecule has 150 valence electrons. The van der Waals surface area contributed by atoms with Crippen LogP contribution in [0.3, 0.4) is 0 Å². The van der Waals surface area contributed by atoms with Crippen LogP contribution in [0.5, 0.6) is 11.5 Å². The molecule has 3 heterocycles. The second kappa shape index (κ2) is 7.57. The molecule has 0 bridgehead atoms. The van der Waals surface area contributed by atoms with Gasteiger partial charge in [0.2, 0.25) is 18.6 Å². The number of carboxylic acid groups (broad SMARTS) is 1. The number of nitrogens with zero attached hydrogens (tertiary/aromatic N) is 2. The van der Waals surface area contributed by atoms with Gasteiger partial charge in [-0.3, -0.25) is 14.5 Å². The van der Waals surface area contributed by atoms with Crippen LogP contribution < -0.4 is 14.8 Å². The molecule has 2 N–H and O–H groups in total. The van der Waals surface area contributed by atoms with Gasteiger partial charge in [-0.25, -0.2) is 4.79 Å². The molecule has 0 aromatic heterocycles. The van der Waals surface area contributed by atoms with Gasteiger partial charge >= 0.3 is 6.09 Å². The molecule has 1 aromatic carbocycles. The number of amides is 3. The molecule has 2 saturated heterocycles. The van der Waals surface area contributed by atoms with Crippen LogP contribution in [0.15, 0.2) is 18.2 Å². The van der Waals surface area contributed by atoms with Crippen LogP contribution in [0, 0.1) is 0 Å². The largest absolute Gasteiger partial charge is 0.465 e. The summed E-state index contributed by atoms with van der Waals surface area (Å²) in [6.45, 7) is 1.35. The Hall–Kier alpha value is -2.97. The molecule has 9 nitrogen and oxygen atoms in total. The maximum Gasteiger partial charge on any atom is 0.407 e. The van der Waals surface area contributed by atoms with E-state index in [1.165, 1.54) is 4.90 Å². The van der Waals surface area contributed by atoms with E-state index in [-0.39, 0.29) is 18.6 Å². The molecule has 4 rings (SSSR count). The van der Waals surface area contributed by atoms with Gasteiger partial charge in [0.05, 0.1) is 0 Å². The molecular weight excluding hydrogens is 366 g/mol. The van der Waals surface area contributed by atoms with E-state index < -0.39 is 18.2 Å². The molecule has 1 unspecified atom stereocenters. The minimum absolute atomic E-state index is 0.193. The molecule has 9 heteroatoms. The van der Waals surface area contributed by atoms with Crippen molar-refractivity contribution < 1.29 is 29.0 Å². The van der Waals surface area contributed by atoms with E-state index in [1.54, 1.807) is 11.0 Å². The molecule has 0 spiro atoms. The van der Waals surface area contributed by atoms with Crippen molar-refractivity contribution in [2.45, 2.75) is 44.3 Å². The van der Waals surface area contributed by atoms with Gasteiger partial charge in [-0.1, -0.05) is 6.07 Å². The van der Waals surface area contributed by atoms with Gasteiger partial charge in [-0.05, 0) is 43.4 Å². The summed E-state index contributed by atoms with van der Waals surface area (Å²) >= 11 is 0. The van der Waals surface area contributed by atoms with E-state index in [4.69, 9.17) is 9.47 Å². The molecule has 0 aliphatic carbocycles. The molecule has 3 aliphatic heterocycles. The topological polar surface area (TPSA) is 108 Å². The minimum Gasteiger partial charge on any atom is -0.465 e. The lowest BCUT2D eigenvalue weighted by Gasteiger charge is -2.29. The molecule has 0 saturated carbocycles. The lowest BCUT2D eigenvalue weighted by Crippen LogP contribution is -2.52. The molecule has 28 heavy (non-hydrogen) atoms. The number of hydrogen-bond donors (Lipinski definition) is 2. The van der Waals surface area contributed by atoms with E-state index in [9.17, 15) is 19.5 Å². The number of benzene rings is 1. The number of fused-ring (bicyclic) bond motifs is 1. The lowest BCUT2D eigenvalue weighted by molar-refractivity contribution is -0.141. The van der Waals surface area contributed by atoms with Gasteiger partial charge in [0.1, 0.15) is 12.1 Å². The highest BCUT2D eigenvalue weighted by Gasteiger charge is 2.42. The van der Waals surface area contributed by atoms with E-state index in [0.29, 0.717) is 50.4 Å². The number of likely N-dealkylation sites (tertiary alicyclic amines) is 2. The second-order valence-electron chi connectivity index (χ2n) is 7.23. The number of rotatable bonds is 4. The van der Waals surface area contributed by atoms with Gasteiger partial charge in [0, 0.05) is 19.6 Å². The summed E-state index contributed by atoms with van der Waals surface area (Å²) in [6, 6.07) is 4.24. The third-order valence-electron chi connectivity index (χ3n) is 5.53. The second-order valence-corrected chi connectivity index (χ2v) is 7.23. The van der Waals surface area contributed by atoms with Gasteiger partial charge in [-0.2, -0.15) is 0 Å². The Bertz CT molecular complexity index is 798. The normalized spacial score (nSPS) is 23.1. The van der Waals surface area contributed by atoms with E-state index >= 15 is 0 Å². The Morgan fingerprint density at radius 2 is 1.75 bits per heavy atom. The van der Waals surface area contributed by atoms with Crippen molar-refractivity contribution >= 4 is 17.9 Å². The molecular formula is C19H23N3O6. The third-order valence-corrected chi connectivity index (χ3v) is 5.53. The van der Waals surface area contributed by atoms with E-state index in [1.807, 2.05) is 12.1 Å². The maximum atomic E-state index is 12.9. The zero-order chi connectivity index (χ0) is 19.7. The SMILES string of the molecule is O=C(NCc1ccc2c(c1)OCO2)[C@@H]1CCCN1C(=O)C1CCCN1C(=O)O. The summed E-state index contributed by atoms with van der Waals surface area (Å²) in [5.41, 5.74) is 0.876. The van der Waals surface area contributed by atoms with Crippen molar-refractivity contribution in [1.82, 2.24) is 15.1 Å². The number of nitrogens with one attached hydrogen (secondary N) is 1. The highest BCUT2D eigenvalue weighted by atomic mass is 16.7. The number of carbonyl (C=O) groups excluding carboxylic acids is 2. The quantitative estimate of drug-likeness (QED) is 0.800. The zero-order valence-electron chi connectivity index (χ0n) is 15.4. The first kappa shape index (κ1) is 18.4. The number of hydrogen-bond acceptors (Lipinski definition) is 5. The highest BCUT2D eigenvalue weighted by Crippen LogP contribution is 2.32. The van der Waals surface area contributed by atoms with Gasteiger partial charge < -0.3 is 24.8 Å². The highest BCUT2D eigenvalue weighted by molar-refractivity contribution is 5.92. The molecule has 3 amide bonds. The van der Waals surface area contributed by atoms with Crippen molar-refractivity contribution in [3.63, 3.8) is 0 Å². The number of carbonyl (C=O) groups is 3. The van der Waals surface area contributed by atoms with Crippen LogP contribution in [-0.2, 0) is 16.1 Å². The average Bonchev–Trinajstić information content (AvgIpc) is 3.44. The van der Waals surface area contributed by atoms with Crippen molar-refractivity contribution in [1.29, 1.82) is 0 Å². The monoisotopic (exact) mass is 389 g/mol. The van der Waals surface area contributed by atoms with Crippen molar-refractivity contribution in [3.05, 3.63) is 23.8 Å². The minimum atomic E-state index is -1.08. The van der Waals surface area contributed by atoms with Gasteiger partial charge in [0.25, 0.3) is 0 Å². The van der Waals surface area contributed by atoms with Crippen molar-refractivity contribution in [2.24, 2.45) is 0 Å². The standard InChI is InChI=1S/C19H23N3O6/c23-17(20-10-12-5-6-15-16(9-12)28-11-27-15)13-3-1-7-21(13)18(24)14-4-2-8-22(14)19(25)26/h5-6,9,13-14H,1-4,7-8,10-11H2,(H,20,23)(H,25,26)/t13-,14?/m0/s1. The number of ether oxygens (including phenoxy) is 2. The molecule has 1 aromatic rings. The third kappa shape index (κ3) is 3.44. The first-order valence-corrected chi connectivity index (χ1v) is 9.51. The molecule has 2 fully saturated rings.